The Morgan fingerprint density at radius 1 is 1.00 bits per heavy atom. The number of nitrogens with one attached hydrogen (secondary N) is 1. The van der Waals surface area contributed by atoms with Gasteiger partial charge < -0.3 is 14.9 Å². The van der Waals surface area contributed by atoms with Crippen LogP contribution in [0.2, 0.25) is 0 Å². The summed E-state index contributed by atoms with van der Waals surface area (Å²) in [5.74, 6) is -0.356. The lowest BCUT2D eigenvalue weighted by Crippen LogP contribution is -2.41. The van der Waals surface area contributed by atoms with Gasteiger partial charge in [-0.15, -0.1) is 0 Å². The van der Waals surface area contributed by atoms with Gasteiger partial charge in [-0.2, -0.15) is 5.10 Å². The number of aryl methyl sites for hydroxylation is 1. The number of pyridine rings is 1. The highest BCUT2D eigenvalue weighted by atomic mass is 19.1. The van der Waals surface area contributed by atoms with Crippen LogP contribution >= 0.6 is 0 Å². The number of benzene rings is 2. The van der Waals surface area contributed by atoms with Crippen molar-refractivity contribution < 1.29 is 13.6 Å². The number of nitrogens with two attached hydrogens (primary N) is 1. The van der Waals surface area contributed by atoms with Crippen LogP contribution in [0.15, 0.2) is 72.1 Å². The second kappa shape index (κ2) is 8.82. The van der Waals surface area contributed by atoms with Crippen LogP contribution in [-0.2, 0) is 24.9 Å². The molecule has 0 spiro atoms. The van der Waals surface area contributed by atoms with Crippen molar-refractivity contribution in [2.75, 3.05) is 4.90 Å². The third kappa shape index (κ3) is 3.82. The normalized spacial score (nSPS) is 15.4. The van der Waals surface area contributed by atoms with Gasteiger partial charge in [-0.1, -0.05) is 6.07 Å². The van der Waals surface area contributed by atoms with E-state index in [2.05, 4.69) is 15.5 Å². The molecule has 3 aromatic heterocycles. The first-order chi connectivity index (χ1) is 18.0. The van der Waals surface area contributed by atoms with E-state index in [1.165, 1.54) is 24.3 Å². The van der Waals surface area contributed by atoms with Crippen LogP contribution in [0.3, 0.4) is 0 Å². The Morgan fingerprint density at radius 3 is 2.49 bits per heavy atom. The summed E-state index contributed by atoms with van der Waals surface area (Å²) >= 11 is 0. The number of rotatable bonds is 6. The second-order valence-electron chi connectivity index (χ2n) is 8.96. The number of carbonyl (C=O) groups is 1. The summed E-state index contributed by atoms with van der Waals surface area (Å²) in [6.07, 6.45) is 3.59. The topological polar surface area (TPSA) is 93.5 Å². The van der Waals surface area contributed by atoms with Gasteiger partial charge >= 0.3 is 0 Å². The Bertz CT molecular complexity index is 1700. The van der Waals surface area contributed by atoms with Crippen LogP contribution < -0.4 is 16.1 Å². The van der Waals surface area contributed by atoms with Crippen molar-refractivity contribution in [1.82, 2.24) is 19.5 Å². The number of hydrogen-bond acceptors (Lipinski definition) is 6. The number of hydrogen-bond donors (Lipinski definition) is 2. The van der Waals surface area contributed by atoms with Crippen molar-refractivity contribution in [2.45, 2.75) is 19.3 Å². The Kier molecular flexibility index (Phi) is 5.45. The number of carbonyl (C=O) groups excluding carboxylic acids is 1. The zero-order valence-corrected chi connectivity index (χ0v) is 19.9. The molecule has 1 unspecified atom stereocenters. The largest absolute Gasteiger partial charge is 0.350 e. The van der Waals surface area contributed by atoms with Gasteiger partial charge in [0.15, 0.2) is 18.3 Å². The summed E-state index contributed by atoms with van der Waals surface area (Å²) in [7, 11) is 1.86. The molecule has 1 atom stereocenters. The fourth-order valence-electron chi connectivity index (χ4n) is 4.94. The van der Waals surface area contributed by atoms with Crippen molar-refractivity contribution in [3.05, 3.63) is 95.6 Å². The van der Waals surface area contributed by atoms with E-state index in [1.807, 2.05) is 46.8 Å². The number of halogens is 2. The predicted molar refractivity (Wildman–Crippen MR) is 138 cm³/mol. The zero-order chi connectivity index (χ0) is 25.7. The van der Waals surface area contributed by atoms with E-state index in [0.717, 1.165) is 28.7 Å². The van der Waals surface area contributed by atoms with Crippen molar-refractivity contribution in [1.29, 1.82) is 0 Å². The van der Waals surface area contributed by atoms with Gasteiger partial charge in [-0.25, -0.2) is 8.78 Å². The molecule has 8 nitrogen and oxygen atoms in total. The molecule has 1 aliphatic heterocycles. The lowest BCUT2D eigenvalue weighted by atomic mass is 10.1. The van der Waals surface area contributed by atoms with Crippen LogP contribution in [0, 0.1) is 11.6 Å². The van der Waals surface area contributed by atoms with E-state index >= 15 is 0 Å². The monoisotopic (exact) mass is 499 g/mol. The first-order valence-corrected chi connectivity index (χ1v) is 11.7. The van der Waals surface area contributed by atoms with Gasteiger partial charge in [0.1, 0.15) is 11.6 Å². The van der Waals surface area contributed by atoms with Crippen LogP contribution in [-0.4, -0.2) is 32.4 Å². The molecule has 6 rings (SSSR count). The molecule has 5 aromatic rings. The summed E-state index contributed by atoms with van der Waals surface area (Å²) in [6.45, 7) is 0.734. The van der Waals surface area contributed by atoms with Crippen LogP contribution in [0.4, 0.5) is 14.5 Å². The van der Waals surface area contributed by atoms with E-state index < -0.39 is 12.0 Å². The molecule has 3 N–H and O–H groups in total. The van der Waals surface area contributed by atoms with Crippen LogP contribution in [0.5, 0.6) is 0 Å². The average Bonchev–Trinajstić information content (AvgIpc) is 3.57. The molecular formula is C27H23F2N7O. The first kappa shape index (κ1) is 22.9. The summed E-state index contributed by atoms with van der Waals surface area (Å²) in [6, 6.07) is 14.7. The Balaban J connectivity index is 1.51. The van der Waals surface area contributed by atoms with Gasteiger partial charge in [0.25, 0.3) is 0 Å². The lowest BCUT2D eigenvalue weighted by Gasteiger charge is -2.23. The minimum atomic E-state index is -0.833. The molecule has 0 fully saturated rings. The summed E-state index contributed by atoms with van der Waals surface area (Å²) in [5, 5.41) is 5.70. The molecule has 2 aromatic carbocycles. The molecule has 1 aliphatic rings. The number of anilines is 1. The van der Waals surface area contributed by atoms with E-state index in [-0.39, 0.29) is 5.82 Å². The Labute approximate surface area is 210 Å². The molecule has 0 amide bonds. The minimum absolute atomic E-state index is 0.322. The van der Waals surface area contributed by atoms with E-state index in [9.17, 15) is 13.6 Å². The molecule has 0 saturated heterocycles. The van der Waals surface area contributed by atoms with E-state index in [4.69, 9.17) is 5.73 Å². The third-order valence-electron chi connectivity index (χ3n) is 6.62. The first-order valence-electron chi connectivity index (χ1n) is 11.7. The van der Waals surface area contributed by atoms with Crippen molar-refractivity contribution in [3.8, 4) is 0 Å². The van der Waals surface area contributed by atoms with Gasteiger partial charge in [0, 0.05) is 47.8 Å². The molecule has 4 heterocycles. The molecule has 0 radical (unpaired) electrons. The smallest absolute Gasteiger partial charge is 0.177 e. The number of nitrogens with zero attached hydrogens (tertiary/aromatic N) is 5. The quantitative estimate of drug-likeness (QED) is 0.348. The highest BCUT2D eigenvalue weighted by molar-refractivity contribution is 6.21. The van der Waals surface area contributed by atoms with E-state index in [0.29, 0.717) is 40.9 Å². The Morgan fingerprint density at radius 2 is 1.73 bits per heavy atom. The molecule has 0 aliphatic carbocycles. The molecule has 37 heavy (non-hydrogen) atoms. The van der Waals surface area contributed by atoms with Crippen LogP contribution in [0.1, 0.15) is 17.0 Å². The summed E-state index contributed by atoms with van der Waals surface area (Å²) < 4.78 is 32.5. The Hall–Kier alpha value is -4.57. The molecule has 186 valence electrons. The maximum atomic E-state index is 14.5. The van der Waals surface area contributed by atoms with Crippen molar-refractivity contribution in [3.63, 3.8) is 0 Å². The number of aromatic nitrogens is 3. The average molecular weight is 500 g/mol. The fourth-order valence-corrected chi connectivity index (χ4v) is 4.94. The van der Waals surface area contributed by atoms with Crippen LogP contribution in [0.25, 0.3) is 21.8 Å². The molecular weight excluding hydrogens is 476 g/mol. The highest BCUT2D eigenvalue weighted by Gasteiger charge is 2.34. The van der Waals surface area contributed by atoms with Crippen molar-refractivity contribution in [2.24, 2.45) is 17.9 Å². The van der Waals surface area contributed by atoms with Gasteiger partial charge in [-0.3, -0.25) is 20.1 Å². The summed E-state index contributed by atoms with van der Waals surface area (Å²) in [4.78, 5) is 18.4. The number of hydrazone groups is 1. The zero-order valence-electron chi connectivity index (χ0n) is 19.9. The summed E-state index contributed by atoms with van der Waals surface area (Å²) in [5.41, 5.74) is 13.0. The standard InChI is InChI=1S/C27H23F2N7O/c1-34-13-22(20-9-16(28)5-7-23(20)34)27-33-32-26(15-37)36(27)25-14-35(24-8-6-17(29)10-21(24)25)12-19-4-2-3-18(11-30)31-19/h2-10,13-15,26,32H,11-12,30H2,1H3. The maximum Gasteiger partial charge on any atom is 0.177 e. The number of aldehydes is 1. The maximum absolute atomic E-state index is 14.5. The fraction of sp³-hybridized carbons (Fsp3) is 0.148. The lowest BCUT2D eigenvalue weighted by molar-refractivity contribution is -0.109. The van der Waals surface area contributed by atoms with E-state index in [1.54, 1.807) is 17.0 Å². The number of amidine groups is 1. The molecule has 0 saturated carbocycles. The predicted octanol–water partition coefficient (Wildman–Crippen LogP) is 3.61. The third-order valence-corrected chi connectivity index (χ3v) is 6.62. The van der Waals surface area contributed by atoms with Gasteiger partial charge in [0.2, 0.25) is 0 Å². The SMILES string of the molecule is Cn1cc(C2=NNC(C=O)N2c2cn(Cc3cccc(CN)n3)c3ccc(F)cc23)c2cc(F)ccc21. The minimum Gasteiger partial charge on any atom is -0.350 e. The molecule has 0 bridgehead atoms. The van der Waals surface area contributed by atoms with Crippen molar-refractivity contribution >= 4 is 39.6 Å². The van der Waals surface area contributed by atoms with Gasteiger partial charge in [-0.05, 0) is 48.5 Å². The molecule has 10 heteroatoms. The number of fused-ring (bicyclic) bond motifs is 2. The van der Waals surface area contributed by atoms with Gasteiger partial charge in [0.05, 0.1) is 29.1 Å². The highest BCUT2D eigenvalue weighted by Crippen LogP contribution is 2.35. The second-order valence-corrected chi connectivity index (χ2v) is 8.96.